The molecule has 0 bridgehead atoms. The van der Waals surface area contributed by atoms with Crippen molar-refractivity contribution in [2.45, 2.75) is 6.54 Å². The van der Waals surface area contributed by atoms with Crippen molar-refractivity contribution in [3.63, 3.8) is 0 Å². The molecule has 9 heteroatoms. The molecule has 2 N–H and O–H groups in total. The van der Waals surface area contributed by atoms with E-state index in [1.54, 1.807) is 0 Å². The van der Waals surface area contributed by atoms with Crippen molar-refractivity contribution in [3.05, 3.63) is 52.3 Å². The van der Waals surface area contributed by atoms with Gasteiger partial charge in [-0.25, -0.2) is 9.97 Å². The van der Waals surface area contributed by atoms with Crippen LogP contribution in [0.15, 0.2) is 36.7 Å². The van der Waals surface area contributed by atoms with Gasteiger partial charge in [0.05, 0.1) is 18.1 Å². The number of hydrogen-bond donors (Lipinski definition) is 2. The average molecular weight is 358 g/mol. The monoisotopic (exact) mass is 358 g/mol. The minimum Gasteiger partial charge on any atom is -0.379 e. The van der Waals surface area contributed by atoms with E-state index in [1.165, 1.54) is 6.33 Å². The van der Waals surface area contributed by atoms with Gasteiger partial charge < -0.3 is 15.4 Å². The van der Waals surface area contributed by atoms with Gasteiger partial charge in [-0.2, -0.15) is 0 Å². The van der Waals surface area contributed by atoms with Crippen LogP contribution in [0.4, 0.5) is 17.3 Å². The van der Waals surface area contributed by atoms with Crippen molar-refractivity contribution in [2.24, 2.45) is 0 Å². The number of ether oxygens (including phenoxy) is 1. The van der Waals surface area contributed by atoms with E-state index in [9.17, 15) is 10.1 Å². The van der Waals surface area contributed by atoms with E-state index in [2.05, 4.69) is 25.5 Å². The molecule has 0 amide bonds. The maximum Gasteiger partial charge on any atom is 0.353 e. The van der Waals surface area contributed by atoms with Crippen LogP contribution >= 0.6 is 0 Å². The first-order chi connectivity index (χ1) is 12.7. The maximum absolute atomic E-state index is 11.5. The summed E-state index contributed by atoms with van der Waals surface area (Å²) in [5.41, 5.74) is 0.882. The number of anilines is 2. The Kier molecular flexibility index (Phi) is 6.29. The third kappa shape index (κ3) is 4.87. The normalized spacial score (nSPS) is 14.8. The Labute approximate surface area is 151 Å². The summed E-state index contributed by atoms with van der Waals surface area (Å²) >= 11 is 0. The van der Waals surface area contributed by atoms with Crippen LogP contribution in [0, 0.1) is 10.1 Å². The Morgan fingerprint density at radius 1 is 1.12 bits per heavy atom. The summed E-state index contributed by atoms with van der Waals surface area (Å²) in [5, 5.41) is 17.6. The molecule has 1 aromatic carbocycles. The molecule has 26 heavy (non-hydrogen) atoms. The first kappa shape index (κ1) is 18.0. The van der Waals surface area contributed by atoms with Gasteiger partial charge in [0, 0.05) is 32.7 Å². The quantitative estimate of drug-likeness (QED) is 0.543. The fourth-order valence-electron chi connectivity index (χ4n) is 2.75. The van der Waals surface area contributed by atoms with E-state index in [-0.39, 0.29) is 17.3 Å². The van der Waals surface area contributed by atoms with Crippen molar-refractivity contribution in [3.8, 4) is 0 Å². The van der Waals surface area contributed by atoms with Crippen LogP contribution in [0.1, 0.15) is 5.56 Å². The third-order valence-electron chi connectivity index (χ3n) is 4.13. The van der Waals surface area contributed by atoms with Gasteiger partial charge in [-0.3, -0.25) is 15.0 Å². The summed E-state index contributed by atoms with van der Waals surface area (Å²) in [4.78, 5) is 21.4. The standard InChI is InChI=1S/C17H22N6O3/c24-23(25)15-16(18-6-7-22-8-10-26-11-9-22)20-13-21-17(15)19-12-14-4-2-1-3-5-14/h1-5,13H,6-12H2,(H2,18,19,20,21). The van der Waals surface area contributed by atoms with Gasteiger partial charge in [0.25, 0.3) is 0 Å². The summed E-state index contributed by atoms with van der Waals surface area (Å²) in [6.45, 7) is 4.98. The van der Waals surface area contributed by atoms with Crippen molar-refractivity contribution in [1.82, 2.24) is 14.9 Å². The van der Waals surface area contributed by atoms with Gasteiger partial charge in [0.2, 0.25) is 11.6 Å². The number of aromatic nitrogens is 2. The zero-order valence-corrected chi connectivity index (χ0v) is 14.4. The van der Waals surface area contributed by atoms with Crippen LogP contribution in [0.3, 0.4) is 0 Å². The highest BCUT2D eigenvalue weighted by molar-refractivity contribution is 5.69. The second kappa shape index (κ2) is 9.07. The summed E-state index contributed by atoms with van der Waals surface area (Å²) in [5.74, 6) is 0.441. The Morgan fingerprint density at radius 3 is 2.50 bits per heavy atom. The van der Waals surface area contributed by atoms with Crippen molar-refractivity contribution in [2.75, 3.05) is 50.0 Å². The smallest absolute Gasteiger partial charge is 0.353 e. The molecule has 2 heterocycles. The van der Waals surface area contributed by atoms with Crippen LogP contribution in [0.25, 0.3) is 0 Å². The Bertz CT molecular complexity index is 722. The SMILES string of the molecule is O=[N+]([O-])c1c(NCCN2CCOCC2)ncnc1NCc1ccccc1. The zero-order chi connectivity index (χ0) is 18.2. The molecule has 0 atom stereocenters. The van der Waals surface area contributed by atoms with Gasteiger partial charge in [0.1, 0.15) is 6.33 Å². The summed E-state index contributed by atoms with van der Waals surface area (Å²) in [6, 6.07) is 9.66. The average Bonchev–Trinajstić information content (AvgIpc) is 2.68. The minimum absolute atomic E-state index is 0.134. The van der Waals surface area contributed by atoms with Crippen molar-refractivity contribution < 1.29 is 9.66 Å². The molecule has 0 spiro atoms. The lowest BCUT2D eigenvalue weighted by Crippen LogP contribution is -2.39. The van der Waals surface area contributed by atoms with Gasteiger partial charge >= 0.3 is 5.69 Å². The van der Waals surface area contributed by atoms with E-state index in [1.807, 2.05) is 30.3 Å². The number of rotatable bonds is 8. The lowest BCUT2D eigenvalue weighted by molar-refractivity contribution is -0.383. The van der Waals surface area contributed by atoms with Crippen molar-refractivity contribution >= 4 is 17.3 Å². The van der Waals surface area contributed by atoms with Gasteiger partial charge in [-0.05, 0) is 5.56 Å². The Balaban J connectivity index is 1.64. The minimum atomic E-state index is -0.454. The second-order valence-corrected chi connectivity index (χ2v) is 5.90. The Morgan fingerprint density at radius 2 is 1.81 bits per heavy atom. The number of benzene rings is 1. The number of nitrogens with one attached hydrogen (secondary N) is 2. The molecule has 3 rings (SSSR count). The second-order valence-electron chi connectivity index (χ2n) is 5.90. The summed E-state index contributed by atoms with van der Waals surface area (Å²) in [7, 11) is 0. The maximum atomic E-state index is 11.5. The van der Waals surface area contributed by atoms with Gasteiger partial charge in [-0.1, -0.05) is 30.3 Å². The molecule has 0 aliphatic carbocycles. The van der Waals surface area contributed by atoms with Gasteiger partial charge in [-0.15, -0.1) is 0 Å². The number of hydrogen-bond acceptors (Lipinski definition) is 8. The molecule has 1 saturated heterocycles. The predicted molar refractivity (Wildman–Crippen MR) is 98.2 cm³/mol. The highest BCUT2D eigenvalue weighted by Crippen LogP contribution is 2.29. The lowest BCUT2D eigenvalue weighted by atomic mass is 10.2. The van der Waals surface area contributed by atoms with E-state index in [4.69, 9.17) is 4.74 Å². The molecule has 9 nitrogen and oxygen atoms in total. The molecular formula is C17H22N6O3. The molecule has 0 unspecified atom stereocenters. The van der Waals surface area contributed by atoms with E-state index in [0.29, 0.717) is 13.1 Å². The molecule has 1 aliphatic heterocycles. The van der Waals surface area contributed by atoms with Crippen LogP contribution in [-0.4, -0.2) is 59.2 Å². The molecular weight excluding hydrogens is 336 g/mol. The molecule has 0 saturated carbocycles. The summed E-state index contributed by atoms with van der Waals surface area (Å²) < 4.78 is 5.31. The molecule has 2 aromatic rings. The first-order valence-corrected chi connectivity index (χ1v) is 8.55. The molecule has 1 aromatic heterocycles. The number of nitrogens with zero attached hydrogens (tertiary/aromatic N) is 4. The third-order valence-corrected chi connectivity index (χ3v) is 4.13. The fourth-order valence-corrected chi connectivity index (χ4v) is 2.75. The van der Waals surface area contributed by atoms with Crippen molar-refractivity contribution in [1.29, 1.82) is 0 Å². The van der Waals surface area contributed by atoms with Crippen LogP contribution in [0.5, 0.6) is 0 Å². The number of nitro groups is 1. The predicted octanol–water partition coefficient (Wildman–Crippen LogP) is 1.74. The lowest BCUT2D eigenvalue weighted by Gasteiger charge is -2.26. The molecule has 1 fully saturated rings. The zero-order valence-electron chi connectivity index (χ0n) is 14.4. The highest BCUT2D eigenvalue weighted by atomic mass is 16.6. The largest absolute Gasteiger partial charge is 0.379 e. The van der Waals surface area contributed by atoms with Gasteiger partial charge in [0.15, 0.2) is 0 Å². The molecule has 0 radical (unpaired) electrons. The van der Waals surface area contributed by atoms with Crippen LogP contribution in [-0.2, 0) is 11.3 Å². The number of morpholine rings is 1. The fraction of sp³-hybridized carbons (Fsp3) is 0.412. The Hall–Kier alpha value is -2.78. The van der Waals surface area contributed by atoms with E-state index < -0.39 is 4.92 Å². The topological polar surface area (TPSA) is 105 Å². The highest BCUT2D eigenvalue weighted by Gasteiger charge is 2.22. The first-order valence-electron chi connectivity index (χ1n) is 8.55. The summed E-state index contributed by atoms with van der Waals surface area (Å²) in [6.07, 6.45) is 1.33. The van der Waals surface area contributed by atoms with Crippen LogP contribution in [0.2, 0.25) is 0 Å². The van der Waals surface area contributed by atoms with E-state index in [0.717, 1.165) is 38.4 Å². The molecule has 138 valence electrons. The van der Waals surface area contributed by atoms with E-state index >= 15 is 0 Å². The van der Waals surface area contributed by atoms with Crippen LogP contribution < -0.4 is 10.6 Å². The molecule has 1 aliphatic rings.